The number of halogens is 1. The summed E-state index contributed by atoms with van der Waals surface area (Å²) >= 11 is 6.02. The minimum atomic E-state index is -0.539. The van der Waals surface area contributed by atoms with E-state index in [0.717, 1.165) is 49.7 Å². The summed E-state index contributed by atoms with van der Waals surface area (Å²) in [7, 11) is 0. The molecule has 1 atom stereocenters. The molecule has 2 aromatic rings. The van der Waals surface area contributed by atoms with Gasteiger partial charge in [0, 0.05) is 55.5 Å². The molecule has 7 heteroatoms. The van der Waals surface area contributed by atoms with Crippen LogP contribution in [-0.2, 0) is 4.79 Å². The van der Waals surface area contributed by atoms with Crippen LogP contribution in [0.25, 0.3) is 0 Å². The number of amides is 2. The summed E-state index contributed by atoms with van der Waals surface area (Å²) in [4.78, 5) is 30.7. The molecule has 2 heterocycles. The van der Waals surface area contributed by atoms with E-state index in [1.165, 1.54) is 5.56 Å². The standard InChI is InChI=1S/C27H35ClN4O2/c1-19(2)25(27(34)32-14-10-21(11-15-32)20-6-8-23(28)9-7-20)30-26(33)22-4-3-5-24(18-22)31-16-12-29-13-17-31/h3-9,18-19,21,25,29H,10-17H2,1-2H3,(H,30,33)/t25-/m1/s1. The van der Waals surface area contributed by atoms with Gasteiger partial charge in [-0.1, -0.05) is 43.6 Å². The molecule has 4 rings (SSSR count). The van der Waals surface area contributed by atoms with Crippen molar-refractivity contribution in [2.45, 2.75) is 38.6 Å². The minimum Gasteiger partial charge on any atom is -0.369 e. The van der Waals surface area contributed by atoms with E-state index in [1.807, 2.05) is 55.1 Å². The number of carbonyl (C=O) groups excluding carboxylic acids is 2. The summed E-state index contributed by atoms with van der Waals surface area (Å²) in [6, 6.07) is 15.2. The lowest BCUT2D eigenvalue weighted by atomic mass is 9.89. The Balaban J connectivity index is 1.38. The zero-order valence-electron chi connectivity index (χ0n) is 20.1. The molecule has 182 valence electrons. The number of anilines is 1. The van der Waals surface area contributed by atoms with Crippen LogP contribution in [0, 0.1) is 5.92 Å². The van der Waals surface area contributed by atoms with Crippen molar-refractivity contribution in [1.29, 1.82) is 0 Å². The highest BCUT2D eigenvalue weighted by molar-refractivity contribution is 6.30. The lowest BCUT2D eigenvalue weighted by molar-refractivity contribution is -0.135. The van der Waals surface area contributed by atoms with Crippen LogP contribution in [0.4, 0.5) is 5.69 Å². The predicted octanol–water partition coefficient (Wildman–Crippen LogP) is 3.91. The van der Waals surface area contributed by atoms with Crippen molar-refractivity contribution in [3.63, 3.8) is 0 Å². The molecule has 0 spiro atoms. The number of nitrogens with one attached hydrogen (secondary N) is 2. The van der Waals surface area contributed by atoms with Gasteiger partial charge >= 0.3 is 0 Å². The van der Waals surface area contributed by atoms with E-state index in [4.69, 9.17) is 11.6 Å². The van der Waals surface area contributed by atoms with Gasteiger partial charge in [-0.2, -0.15) is 0 Å². The molecule has 2 N–H and O–H groups in total. The largest absolute Gasteiger partial charge is 0.369 e. The number of likely N-dealkylation sites (tertiary alicyclic amines) is 1. The fourth-order valence-corrected chi connectivity index (χ4v) is 5.00. The minimum absolute atomic E-state index is 0.00166. The van der Waals surface area contributed by atoms with Crippen LogP contribution in [0.5, 0.6) is 0 Å². The topological polar surface area (TPSA) is 64.7 Å². The maximum atomic E-state index is 13.4. The number of piperazine rings is 1. The molecule has 0 aliphatic carbocycles. The number of piperidine rings is 1. The lowest BCUT2D eigenvalue weighted by Crippen LogP contribution is -2.52. The summed E-state index contributed by atoms with van der Waals surface area (Å²) in [6.07, 6.45) is 1.83. The highest BCUT2D eigenvalue weighted by Gasteiger charge is 2.32. The second-order valence-electron chi connectivity index (χ2n) is 9.63. The van der Waals surface area contributed by atoms with E-state index >= 15 is 0 Å². The van der Waals surface area contributed by atoms with E-state index < -0.39 is 6.04 Å². The molecule has 0 unspecified atom stereocenters. The average Bonchev–Trinajstić information content (AvgIpc) is 2.88. The Labute approximate surface area is 207 Å². The molecule has 2 aromatic carbocycles. The third-order valence-corrected chi connectivity index (χ3v) is 7.21. The quantitative estimate of drug-likeness (QED) is 0.655. The molecule has 6 nitrogen and oxygen atoms in total. The van der Waals surface area contributed by atoms with Crippen molar-refractivity contribution in [2.75, 3.05) is 44.2 Å². The first kappa shape index (κ1) is 24.6. The smallest absolute Gasteiger partial charge is 0.252 e. The molecule has 0 radical (unpaired) electrons. The van der Waals surface area contributed by atoms with E-state index in [0.29, 0.717) is 24.6 Å². The van der Waals surface area contributed by atoms with Crippen LogP contribution in [0.1, 0.15) is 48.5 Å². The van der Waals surface area contributed by atoms with Gasteiger partial charge in [-0.05, 0) is 60.6 Å². The van der Waals surface area contributed by atoms with Gasteiger partial charge in [-0.3, -0.25) is 9.59 Å². The molecule has 2 aliphatic rings. The molecule has 2 saturated heterocycles. The number of hydrogen-bond acceptors (Lipinski definition) is 4. The van der Waals surface area contributed by atoms with Crippen molar-refractivity contribution >= 4 is 29.1 Å². The Hall–Kier alpha value is -2.57. The number of nitrogens with zero attached hydrogens (tertiary/aromatic N) is 2. The zero-order chi connectivity index (χ0) is 24.1. The van der Waals surface area contributed by atoms with Crippen LogP contribution in [0.2, 0.25) is 5.02 Å². The van der Waals surface area contributed by atoms with Gasteiger partial charge in [0.15, 0.2) is 0 Å². The van der Waals surface area contributed by atoms with E-state index in [-0.39, 0.29) is 17.7 Å². The normalized spacial score (nSPS) is 18.1. The Kier molecular flexibility index (Phi) is 8.11. The van der Waals surface area contributed by atoms with Gasteiger partial charge in [0.2, 0.25) is 5.91 Å². The molecule has 0 bridgehead atoms. The van der Waals surface area contributed by atoms with Crippen molar-refractivity contribution < 1.29 is 9.59 Å². The van der Waals surface area contributed by atoms with Crippen LogP contribution < -0.4 is 15.5 Å². The molecule has 0 aromatic heterocycles. The summed E-state index contributed by atoms with van der Waals surface area (Å²) in [6.45, 7) is 9.09. The highest BCUT2D eigenvalue weighted by atomic mass is 35.5. The van der Waals surface area contributed by atoms with Gasteiger partial charge < -0.3 is 20.4 Å². The summed E-state index contributed by atoms with van der Waals surface area (Å²) in [5.74, 6) is 0.249. The molecule has 0 saturated carbocycles. The summed E-state index contributed by atoms with van der Waals surface area (Å²) in [5.41, 5.74) is 2.91. The van der Waals surface area contributed by atoms with Crippen LogP contribution >= 0.6 is 11.6 Å². The van der Waals surface area contributed by atoms with Gasteiger partial charge in [-0.25, -0.2) is 0 Å². The second-order valence-corrected chi connectivity index (χ2v) is 10.1. The maximum Gasteiger partial charge on any atom is 0.252 e. The van der Waals surface area contributed by atoms with Crippen molar-refractivity contribution in [3.8, 4) is 0 Å². The predicted molar refractivity (Wildman–Crippen MR) is 138 cm³/mol. The van der Waals surface area contributed by atoms with Gasteiger partial charge in [0.05, 0.1) is 0 Å². The monoisotopic (exact) mass is 482 g/mol. The number of benzene rings is 2. The number of carbonyl (C=O) groups is 2. The second kappa shape index (κ2) is 11.2. The molecule has 34 heavy (non-hydrogen) atoms. The van der Waals surface area contributed by atoms with E-state index in [9.17, 15) is 9.59 Å². The average molecular weight is 483 g/mol. The Morgan fingerprint density at radius 3 is 2.32 bits per heavy atom. The molecular formula is C27H35ClN4O2. The first-order valence-corrected chi connectivity index (χ1v) is 12.7. The van der Waals surface area contributed by atoms with Gasteiger partial charge in [0.25, 0.3) is 5.91 Å². The third-order valence-electron chi connectivity index (χ3n) is 6.96. The maximum absolute atomic E-state index is 13.4. The fraction of sp³-hybridized carbons (Fsp3) is 0.481. The van der Waals surface area contributed by atoms with E-state index in [1.54, 1.807) is 0 Å². The van der Waals surface area contributed by atoms with Crippen LogP contribution in [-0.4, -0.2) is 62.0 Å². The molecular weight excluding hydrogens is 448 g/mol. The van der Waals surface area contributed by atoms with Crippen molar-refractivity contribution in [2.24, 2.45) is 5.92 Å². The Morgan fingerprint density at radius 2 is 1.68 bits per heavy atom. The molecule has 2 amide bonds. The fourth-order valence-electron chi connectivity index (χ4n) is 4.87. The van der Waals surface area contributed by atoms with Crippen molar-refractivity contribution in [3.05, 3.63) is 64.7 Å². The van der Waals surface area contributed by atoms with Crippen LogP contribution in [0.15, 0.2) is 48.5 Å². The Bertz CT molecular complexity index is 980. The lowest BCUT2D eigenvalue weighted by Gasteiger charge is -2.35. The number of rotatable bonds is 6. The Morgan fingerprint density at radius 1 is 1.00 bits per heavy atom. The first-order valence-electron chi connectivity index (χ1n) is 12.3. The highest BCUT2D eigenvalue weighted by Crippen LogP contribution is 2.29. The van der Waals surface area contributed by atoms with Gasteiger partial charge in [0.1, 0.15) is 6.04 Å². The first-order chi connectivity index (χ1) is 16.4. The van der Waals surface area contributed by atoms with Crippen molar-refractivity contribution in [1.82, 2.24) is 15.5 Å². The zero-order valence-corrected chi connectivity index (χ0v) is 20.9. The molecule has 2 fully saturated rings. The van der Waals surface area contributed by atoms with E-state index in [2.05, 4.69) is 27.7 Å². The van der Waals surface area contributed by atoms with Gasteiger partial charge in [-0.15, -0.1) is 0 Å². The van der Waals surface area contributed by atoms with Crippen LogP contribution in [0.3, 0.4) is 0 Å². The molecule has 2 aliphatic heterocycles. The summed E-state index contributed by atoms with van der Waals surface area (Å²) in [5, 5.41) is 7.12. The number of hydrogen-bond donors (Lipinski definition) is 2. The summed E-state index contributed by atoms with van der Waals surface area (Å²) < 4.78 is 0. The SMILES string of the molecule is CC(C)[C@@H](NC(=O)c1cccc(N2CCNCC2)c1)C(=O)N1CCC(c2ccc(Cl)cc2)CC1. The third kappa shape index (κ3) is 5.91.